The van der Waals surface area contributed by atoms with E-state index < -0.39 is 0 Å². The Morgan fingerprint density at radius 1 is 1.42 bits per heavy atom. The van der Waals surface area contributed by atoms with Gasteiger partial charge in [0.25, 0.3) is 0 Å². The van der Waals surface area contributed by atoms with Crippen molar-refractivity contribution in [3.05, 3.63) is 0 Å². The molecule has 0 unspecified atom stereocenters. The lowest BCUT2D eigenvalue weighted by molar-refractivity contribution is -0.127. The Morgan fingerprint density at radius 3 is 2.67 bits per heavy atom. The van der Waals surface area contributed by atoms with E-state index in [2.05, 4.69) is 19.2 Å². The van der Waals surface area contributed by atoms with Gasteiger partial charge in [0, 0.05) is 6.42 Å². The monoisotopic (exact) mass is 169 g/mol. The van der Waals surface area contributed by atoms with Crippen LogP contribution >= 0.6 is 0 Å². The number of Topliss-reactive ketones (excluding diaryl/α,β-unsaturated/α-hetero) is 1. The molecule has 0 radical (unpaired) electrons. The third-order valence-corrected chi connectivity index (χ3v) is 2.91. The fraction of sp³-hybridized carbons (Fsp3) is 0.900. The topological polar surface area (TPSA) is 29.1 Å². The molecule has 0 aliphatic heterocycles. The van der Waals surface area contributed by atoms with Gasteiger partial charge < -0.3 is 5.32 Å². The largest absolute Gasteiger partial charge is 0.305 e. The smallest absolute Gasteiger partial charge is 0.152 e. The fourth-order valence-electron chi connectivity index (χ4n) is 2.12. The molecule has 0 heterocycles. The lowest BCUT2D eigenvalue weighted by Gasteiger charge is -2.35. The zero-order chi connectivity index (χ0) is 9.03. The molecule has 0 spiro atoms. The summed E-state index contributed by atoms with van der Waals surface area (Å²) in [5.74, 6) is 0.429. The Balaban J connectivity index is 2.66. The van der Waals surface area contributed by atoms with Gasteiger partial charge in [0.05, 0.1) is 5.54 Å². The quantitative estimate of drug-likeness (QED) is 0.699. The minimum atomic E-state index is -0.160. The zero-order valence-electron chi connectivity index (χ0n) is 8.15. The molecule has 0 amide bonds. The first-order valence-electron chi connectivity index (χ1n) is 5.03. The number of hydrogen-bond donors (Lipinski definition) is 1. The number of carbonyl (C=O) groups is 1. The average Bonchev–Trinajstić information content (AvgIpc) is 2.10. The molecule has 70 valence electrons. The van der Waals surface area contributed by atoms with Crippen LogP contribution in [0.25, 0.3) is 0 Å². The second-order valence-electron chi connectivity index (χ2n) is 3.60. The van der Waals surface area contributed by atoms with Gasteiger partial charge >= 0.3 is 0 Å². The molecule has 0 aromatic rings. The predicted octanol–water partition coefficient (Wildman–Crippen LogP) is 1.89. The molecule has 0 aromatic heterocycles. The van der Waals surface area contributed by atoms with Gasteiger partial charge in [0.2, 0.25) is 0 Å². The van der Waals surface area contributed by atoms with Gasteiger partial charge in [-0.25, -0.2) is 0 Å². The molecule has 0 aromatic carbocycles. The fourth-order valence-corrected chi connectivity index (χ4v) is 2.12. The first-order valence-corrected chi connectivity index (χ1v) is 5.03. The van der Waals surface area contributed by atoms with Gasteiger partial charge in [-0.05, 0) is 25.8 Å². The van der Waals surface area contributed by atoms with Crippen LogP contribution in [0, 0.1) is 0 Å². The highest BCUT2D eigenvalue weighted by Gasteiger charge is 2.36. The molecule has 1 atom stereocenters. The SMILES string of the molecule is CCN[C@@]1(CC)CCCCC1=O. The minimum absolute atomic E-state index is 0.160. The van der Waals surface area contributed by atoms with Crippen molar-refractivity contribution in [2.24, 2.45) is 0 Å². The normalized spacial score (nSPS) is 30.7. The van der Waals surface area contributed by atoms with Crippen molar-refractivity contribution in [2.45, 2.75) is 51.5 Å². The molecule has 1 aliphatic rings. The maximum atomic E-state index is 11.7. The Hall–Kier alpha value is -0.370. The molecule has 1 N–H and O–H groups in total. The van der Waals surface area contributed by atoms with Crippen LogP contribution in [0.15, 0.2) is 0 Å². The third-order valence-electron chi connectivity index (χ3n) is 2.91. The predicted molar refractivity (Wildman–Crippen MR) is 50.2 cm³/mol. The second kappa shape index (κ2) is 4.04. The molecule has 1 aliphatic carbocycles. The first-order chi connectivity index (χ1) is 5.75. The minimum Gasteiger partial charge on any atom is -0.305 e. The summed E-state index contributed by atoms with van der Waals surface area (Å²) >= 11 is 0. The van der Waals surface area contributed by atoms with E-state index in [-0.39, 0.29) is 5.54 Å². The summed E-state index contributed by atoms with van der Waals surface area (Å²) < 4.78 is 0. The van der Waals surface area contributed by atoms with Crippen molar-refractivity contribution in [1.82, 2.24) is 5.32 Å². The van der Waals surface area contributed by atoms with Crippen LogP contribution in [0.3, 0.4) is 0 Å². The second-order valence-corrected chi connectivity index (χ2v) is 3.60. The standard InChI is InChI=1S/C10H19NO/c1-3-10(11-4-2)8-6-5-7-9(10)12/h11H,3-8H2,1-2H3/t10-/m0/s1. The van der Waals surface area contributed by atoms with Gasteiger partial charge in [-0.3, -0.25) is 4.79 Å². The van der Waals surface area contributed by atoms with E-state index in [1.807, 2.05) is 0 Å². The Kier molecular flexibility index (Phi) is 3.27. The highest BCUT2D eigenvalue weighted by molar-refractivity contribution is 5.89. The Bertz CT molecular complexity index is 163. The number of nitrogens with one attached hydrogen (secondary N) is 1. The third kappa shape index (κ3) is 1.69. The summed E-state index contributed by atoms with van der Waals surface area (Å²) in [5.41, 5.74) is -0.160. The van der Waals surface area contributed by atoms with Crippen molar-refractivity contribution in [3.8, 4) is 0 Å². The van der Waals surface area contributed by atoms with Crippen LogP contribution in [-0.2, 0) is 4.79 Å². The van der Waals surface area contributed by atoms with Gasteiger partial charge in [0.15, 0.2) is 5.78 Å². The molecule has 1 saturated carbocycles. The summed E-state index contributed by atoms with van der Waals surface area (Å²) in [6, 6.07) is 0. The van der Waals surface area contributed by atoms with Gasteiger partial charge in [0.1, 0.15) is 0 Å². The number of ketones is 1. The van der Waals surface area contributed by atoms with Crippen molar-refractivity contribution >= 4 is 5.78 Å². The lowest BCUT2D eigenvalue weighted by Crippen LogP contribution is -2.53. The molecular formula is C10H19NO. The van der Waals surface area contributed by atoms with Crippen molar-refractivity contribution < 1.29 is 4.79 Å². The number of likely N-dealkylation sites (N-methyl/N-ethyl adjacent to an activating group) is 1. The molecule has 2 nitrogen and oxygen atoms in total. The van der Waals surface area contributed by atoms with E-state index in [4.69, 9.17) is 0 Å². The van der Waals surface area contributed by atoms with Crippen molar-refractivity contribution in [2.75, 3.05) is 6.54 Å². The Labute approximate surface area is 74.7 Å². The summed E-state index contributed by atoms with van der Waals surface area (Å²) in [6.45, 7) is 5.07. The first kappa shape index (κ1) is 9.72. The van der Waals surface area contributed by atoms with Crippen LogP contribution in [0.2, 0.25) is 0 Å². The van der Waals surface area contributed by atoms with Gasteiger partial charge in [-0.2, -0.15) is 0 Å². The van der Waals surface area contributed by atoms with E-state index >= 15 is 0 Å². The maximum Gasteiger partial charge on any atom is 0.152 e. The van der Waals surface area contributed by atoms with Crippen molar-refractivity contribution in [1.29, 1.82) is 0 Å². The zero-order valence-corrected chi connectivity index (χ0v) is 8.15. The Morgan fingerprint density at radius 2 is 2.17 bits per heavy atom. The van der Waals surface area contributed by atoms with Gasteiger partial charge in [-0.15, -0.1) is 0 Å². The highest BCUT2D eigenvalue weighted by Crippen LogP contribution is 2.27. The molecule has 0 saturated heterocycles. The van der Waals surface area contributed by atoms with E-state index in [0.29, 0.717) is 5.78 Å². The molecule has 12 heavy (non-hydrogen) atoms. The molecule has 0 bridgehead atoms. The van der Waals surface area contributed by atoms with Gasteiger partial charge in [-0.1, -0.05) is 20.3 Å². The average molecular weight is 169 g/mol. The van der Waals surface area contributed by atoms with E-state index in [9.17, 15) is 4.79 Å². The van der Waals surface area contributed by atoms with Crippen LogP contribution < -0.4 is 5.32 Å². The van der Waals surface area contributed by atoms with Crippen molar-refractivity contribution in [3.63, 3.8) is 0 Å². The maximum absolute atomic E-state index is 11.7. The molecule has 1 rings (SSSR count). The molecule has 2 heteroatoms. The lowest BCUT2D eigenvalue weighted by atomic mass is 9.78. The molecule has 1 fully saturated rings. The number of rotatable bonds is 3. The summed E-state index contributed by atoms with van der Waals surface area (Å²) in [4.78, 5) is 11.7. The van der Waals surface area contributed by atoms with Crippen LogP contribution in [0.4, 0.5) is 0 Å². The summed E-state index contributed by atoms with van der Waals surface area (Å²) in [7, 11) is 0. The summed E-state index contributed by atoms with van der Waals surface area (Å²) in [5, 5.41) is 3.35. The van der Waals surface area contributed by atoms with Crippen LogP contribution in [0.5, 0.6) is 0 Å². The summed E-state index contributed by atoms with van der Waals surface area (Å²) in [6.07, 6.45) is 5.05. The van der Waals surface area contributed by atoms with Crippen LogP contribution in [-0.4, -0.2) is 17.9 Å². The highest BCUT2D eigenvalue weighted by atomic mass is 16.1. The number of carbonyl (C=O) groups excluding carboxylic acids is 1. The van der Waals surface area contributed by atoms with Crippen LogP contribution in [0.1, 0.15) is 46.0 Å². The van der Waals surface area contributed by atoms with E-state index in [0.717, 1.165) is 32.2 Å². The number of hydrogen-bond acceptors (Lipinski definition) is 2. The van der Waals surface area contributed by atoms with E-state index in [1.54, 1.807) is 0 Å². The van der Waals surface area contributed by atoms with E-state index in [1.165, 1.54) is 6.42 Å². The molecular weight excluding hydrogens is 150 g/mol.